The fourth-order valence-corrected chi connectivity index (χ4v) is 3.91. The summed E-state index contributed by atoms with van der Waals surface area (Å²) in [6.45, 7) is 2.85. The molecule has 7 heteroatoms. The molecule has 2 aromatic heterocycles. The van der Waals surface area contributed by atoms with Crippen molar-refractivity contribution in [3.63, 3.8) is 0 Å². The van der Waals surface area contributed by atoms with Gasteiger partial charge in [0.05, 0.1) is 5.56 Å². The molecule has 4 rings (SSSR count). The Labute approximate surface area is 203 Å². The lowest BCUT2D eigenvalue weighted by Crippen LogP contribution is -2.29. The van der Waals surface area contributed by atoms with Crippen molar-refractivity contribution in [3.05, 3.63) is 117 Å². The van der Waals surface area contributed by atoms with Crippen LogP contribution in [-0.2, 0) is 17.9 Å². The largest absolute Gasteiger partial charge is 0.354 e. The number of rotatable bonds is 7. The molecule has 7 nitrogen and oxygen atoms in total. The molecule has 1 N–H and O–H groups in total. The third-order valence-electron chi connectivity index (χ3n) is 5.68. The number of aromatic nitrogens is 2. The molecule has 0 aliphatic heterocycles. The number of hydrogen-bond acceptors (Lipinski definition) is 5. The van der Waals surface area contributed by atoms with Crippen LogP contribution in [0.4, 0.5) is 5.82 Å². The summed E-state index contributed by atoms with van der Waals surface area (Å²) in [7, 11) is 1.44. The highest BCUT2D eigenvalue weighted by Crippen LogP contribution is 2.24. The first-order valence-corrected chi connectivity index (χ1v) is 11.2. The highest BCUT2D eigenvalue weighted by molar-refractivity contribution is 6.02. The number of anilines is 1. The number of carbonyl (C=O) groups excluding carboxylic acids is 1. The summed E-state index contributed by atoms with van der Waals surface area (Å²) >= 11 is 0. The van der Waals surface area contributed by atoms with E-state index in [4.69, 9.17) is 4.98 Å². The van der Waals surface area contributed by atoms with Gasteiger partial charge in [-0.3, -0.25) is 14.0 Å². The molecule has 0 saturated heterocycles. The predicted molar refractivity (Wildman–Crippen MR) is 137 cm³/mol. The van der Waals surface area contributed by atoms with E-state index in [0.717, 1.165) is 16.7 Å². The molecule has 2 heterocycles. The second-order valence-corrected chi connectivity index (χ2v) is 8.12. The minimum Gasteiger partial charge on any atom is -0.354 e. The van der Waals surface area contributed by atoms with E-state index >= 15 is 0 Å². The summed E-state index contributed by atoms with van der Waals surface area (Å²) in [5, 5.41) is 12.1. The van der Waals surface area contributed by atoms with Crippen LogP contribution in [-0.4, -0.2) is 22.3 Å². The van der Waals surface area contributed by atoms with Crippen LogP contribution < -0.4 is 15.8 Å². The Kier molecular flexibility index (Phi) is 7.03. The van der Waals surface area contributed by atoms with E-state index in [1.54, 1.807) is 12.3 Å². The molecule has 1 amide bonds. The number of likely N-dealkylation sites (N-methyl/N-ethyl adjacent to an activating group) is 1. The van der Waals surface area contributed by atoms with Crippen LogP contribution in [0, 0.1) is 18.3 Å². The molecule has 0 aliphatic carbocycles. The molecule has 35 heavy (non-hydrogen) atoms. The van der Waals surface area contributed by atoms with E-state index in [1.807, 2.05) is 84.6 Å². The van der Waals surface area contributed by atoms with Crippen LogP contribution in [0.25, 0.3) is 11.7 Å². The van der Waals surface area contributed by atoms with Crippen LogP contribution in [0.3, 0.4) is 0 Å². The number of nitrogens with one attached hydrogen (secondary N) is 1. The van der Waals surface area contributed by atoms with Crippen LogP contribution in [0.5, 0.6) is 0 Å². The summed E-state index contributed by atoms with van der Waals surface area (Å²) < 4.78 is 1.45. The lowest BCUT2D eigenvalue weighted by Gasteiger charge is -2.26. The summed E-state index contributed by atoms with van der Waals surface area (Å²) in [5.74, 6) is -0.154. The Bertz CT molecular complexity index is 1440. The van der Waals surface area contributed by atoms with Gasteiger partial charge in [-0.1, -0.05) is 66.7 Å². The topological polar surface area (TPSA) is 90.5 Å². The fourth-order valence-electron chi connectivity index (χ4n) is 3.91. The van der Waals surface area contributed by atoms with Gasteiger partial charge in [0.2, 0.25) is 0 Å². The van der Waals surface area contributed by atoms with Gasteiger partial charge in [0.15, 0.2) is 0 Å². The van der Waals surface area contributed by atoms with Crippen molar-refractivity contribution in [2.24, 2.45) is 0 Å². The van der Waals surface area contributed by atoms with Crippen LogP contribution >= 0.6 is 0 Å². The maximum Gasteiger partial charge on any atom is 0.267 e. The normalized spacial score (nSPS) is 11.2. The standard InChI is InChI=1S/C28H25N5O2/c1-20-10-9-15-33-25(20)31-26(24(28(33)35)16-23(17-29)27(34)30-2)32(18-21-11-5-3-6-12-21)19-22-13-7-4-8-14-22/h3-16H,18-19H2,1-2H3,(H,30,34)/b23-16+. The van der Waals surface area contributed by atoms with Crippen molar-refractivity contribution in [2.75, 3.05) is 11.9 Å². The Hall–Kier alpha value is -4.70. The van der Waals surface area contributed by atoms with Gasteiger partial charge < -0.3 is 10.2 Å². The monoisotopic (exact) mass is 463 g/mol. The van der Waals surface area contributed by atoms with E-state index in [1.165, 1.54) is 17.5 Å². The molecule has 0 spiro atoms. The molecule has 0 saturated carbocycles. The molecule has 0 aliphatic rings. The minimum atomic E-state index is -0.565. The molecule has 0 atom stereocenters. The summed E-state index contributed by atoms with van der Waals surface area (Å²) in [4.78, 5) is 32.9. The van der Waals surface area contributed by atoms with Crippen LogP contribution in [0.2, 0.25) is 0 Å². The van der Waals surface area contributed by atoms with E-state index in [-0.39, 0.29) is 16.7 Å². The number of aryl methyl sites for hydroxylation is 1. The quantitative estimate of drug-likeness (QED) is 0.332. The Balaban J connectivity index is 1.98. The van der Waals surface area contributed by atoms with Gasteiger partial charge in [0.1, 0.15) is 23.1 Å². The Morgan fingerprint density at radius 2 is 1.63 bits per heavy atom. The first-order valence-electron chi connectivity index (χ1n) is 11.2. The third-order valence-corrected chi connectivity index (χ3v) is 5.68. The molecule has 174 valence electrons. The number of fused-ring (bicyclic) bond motifs is 1. The van der Waals surface area contributed by atoms with E-state index in [0.29, 0.717) is 24.6 Å². The van der Waals surface area contributed by atoms with Crippen molar-refractivity contribution in [3.8, 4) is 6.07 Å². The molecule has 0 fully saturated rings. The van der Waals surface area contributed by atoms with E-state index < -0.39 is 5.91 Å². The van der Waals surface area contributed by atoms with Gasteiger partial charge in [0.25, 0.3) is 11.5 Å². The zero-order valence-corrected chi connectivity index (χ0v) is 19.6. The second kappa shape index (κ2) is 10.5. The molecule has 0 unspecified atom stereocenters. The zero-order chi connectivity index (χ0) is 24.8. The maximum absolute atomic E-state index is 13.7. The van der Waals surface area contributed by atoms with Crippen molar-refractivity contribution in [1.82, 2.24) is 14.7 Å². The van der Waals surface area contributed by atoms with Crippen LogP contribution in [0.15, 0.2) is 89.4 Å². The van der Waals surface area contributed by atoms with Gasteiger partial charge in [0, 0.05) is 26.3 Å². The number of nitriles is 1. The lowest BCUT2D eigenvalue weighted by atomic mass is 10.1. The number of nitrogens with zero attached hydrogens (tertiary/aromatic N) is 4. The lowest BCUT2D eigenvalue weighted by molar-refractivity contribution is -0.116. The first kappa shape index (κ1) is 23.5. The molecular formula is C28H25N5O2. The Morgan fingerprint density at radius 1 is 1.03 bits per heavy atom. The van der Waals surface area contributed by atoms with Crippen LogP contribution in [0.1, 0.15) is 22.3 Å². The van der Waals surface area contributed by atoms with E-state index in [9.17, 15) is 14.9 Å². The number of amides is 1. The van der Waals surface area contributed by atoms with Crippen molar-refractivity contribution < 1.29 is 4.79 Å². The maximum atomic E-state index is 13.7. The second-order valence-electron chi connectivity index (χ2n) is 8.12. The van der Waals surface area contributed by atoms with Gasteiger partial charge in [-0.15, -0.1) is 0 Å². The Morgan fingerprint density at radius 3 is 2.17 bits per heavy atom. The molecule has 4 aromatic rings. The molecular weight excluding hydrogens is 438 g/mol. The summed E-state index contributed by atoms with van der Waals surface area (Å²) in [5.41, 5.74) is 3.10. The van der Waals surface area contributed by atoms with Gasteiger partial charge in [-0.2, -0.15) is 5.26 Å². The highest BCUT2D eigenvalue weighted by Gasteiger charge is 2.21. The average molecular weight is 464 g/mol. The minimum absolute atomic E-state index is 0.167. The molecule has 2 aromatic carbocycles. The molecule has 0 radical (unpaired) electrons. The van der Waals surface area contributed by atoms with Crippen molar-refractivity contribution >= 4 is 23.4 Å². The van der Waals surface area contributed by atoms with Gasteiger partial charge in [-0.25, -0.2) is 4.98 Å². The number of carbonyl (C=O) groups is 1. The van der Waals surface area contributed by atoms with Crippen molar-refractivity contribution in [1.29, 1.82) is 5.26 Å². The molecule has 0 bridgehead atoms. The smallest absolute Gasteiger partial charge is 0.267 e. The SMILES string of the molecule is CNC(=O)/C(C#N)=C/c1c(N(Cc2ccccc2)Cc2ccccc2)nc2c(C)cccn2c1=O. The number of benzene rings is 2. The van der Waals surface area contributed by atoms with Gasteiger partial charge >= 0.3 is 0 Å². The summed E-state index contributed by atoms with van der Waals surface area (Å²) in [6.07, 6.45) is 2.98. The fraction of sp³-hybridized carbons (Fsp3) is 0.143. The van der Waals surface area contributed by atoms with Gasteiger partial charge in [-0.05, 0) is 35.8 Å². The third kappa shape index (κ3) is 5.12. The zero-order valence-electron chi connectivity index (χ0n) is 19.6. The number of pyridine rings is 1. The summed E-state index contributed by atoms with van der Waals surface area (Å²) in [6, 6.07) is 25.4. The predicted octanol–water partition coefficient (Wildman–Crippen LogP) is 3.86. The highest BCUT2D eigenvalue weighted by atomic mass is 16.1. The first-order chi connectivity index (χ1) is 17.0. The van der Waals surface area contributed by atoms with Crippen molar-refractivity contribution in [2.45, 2.75) is 20.0 Å². The van der Waals surface area contributed by atoms with E-state index in [2.05, 4.69) is 5.32 Å². The average Bonchev–Trinajstić information content (AvgIpc) is 2.89. The number of hydrogen-bond donors (Lipinski definition) is 1.